The van der Waals surface area contributed by atoms with Gasteiger partial charge in [0, 0.05) is 37.7 Å². The SMILES string of the molecule is c1ccc(C2=NC(c3ccccc3)NC(c3ccc4ccc5c(c4c3)NC(c3cccc4c3oc3ccccc34)S5)=N2)cc1. The lowest BCUT2D eigenvalue weighted by atomic mass is 10.0. The smallest absolute Gasteiger partial charge is 0.159 e. The van der Waals surface area contributed by atoms with Crippen molar-refractivity contribution in [2.75, 3.05) is 5.32 Å². The van der Waals surface area contributed by atoms with Gasteiger partial charge in [0.2, 0.25) is 0 Å². The number of rotatable bonds is 4. The van der Waals surface area contributed by atoms with Gasteiger partial charge in [0.1, 0.15) is 28.5 Å². The van der Waals surface area contributed by atoms with E-state index in [1.807, 2.05) is 60.3 Å². The third-order valence-corrected chi connectivity index (χ3v) is 9.59. The number of benzene rings is 6. The molecule has 6 aromatic carbocycles. The fourth-order valence-corrected chi connectivity index (χ4v) is 7.39. The number of furan rings is 1. The standard InChI is InChI=1S/C38H26N4OS/c1-3-10-24(11-4-1)35-40-36(25-12-5-2-6-13-25)42-37(41-35)26-19-18-23-20-21-32-33(30(23)22-26)39-38(44-32)29-16-9-15-28-27-14-7-8-17-31(27)43-34(28)29/h1-22,35,38-39H,(H,40,41,42). The molecule has 3 heterocycles. The van der Waals surface area contributed by atoms with Crippen LogP contribution in [0.4, 0.5) is 5.69 Å². The van der Waals surface area contributed by atoms with Gasteiger partial charge in [0.25, 0.3) is 0 Å². The lowest BCUT2D eigenvalue weighted by molar-refractivity contribution is 0.663. The molecule has 2 aliphatic rings. The van der Waals surface area contributed by atoms with Gasteiger partial charge in [0.15, 0.2) is 5.84 Å². The van der Waals surface area contributed by atoms with Crippen molar-refractivity contribution < 1.29 is 4.42 Å². The number of hydrogen-bond acceptors (Lipinski definition) is 6. The van der Waals surface area contributed by atoms with E-state index in [2.05, 4.69) is 95.6 Å². The van der Waals surface area contributed by atoms with Crippen molar-refractivity contribution in [3.8, 4) is 0 Å². The van der Waals surface area contributed by atoms with E-state index in [9.17, 15) is 0 Å². The van der Waals surface area contributed by atoms with Gasteiger partial charge >= 0.3 is 0 Å². The first kappa shape index (κ1) is 25.2. The fraction of sp³-hybridized carbons (Fsp3) is 0.0526. The summed E-state index contributed by atoms with van der Waals surface area (Å²) in [6.45, 7) is 0. The van der Waals surface area contributed by atoms with Crippen molar-refractivity contribution in [2.45, 2.75) is 16.4 Å². The van der Waals surface area contributed by atoms with E-state index in [1.165, 1.54) is 10.3 Å². The highest BCUT2D eigenvalue weighted by Gasteiger charge is 2.28. The van der Waals surface area contributed by atoms with Gasteiger partial charge in [-0.3, -0.25) is 0 Å². The maximum Gasteiger partial charge on any atom is 0.159 e. The molecule has 2 atom stereocenters. The second-order valence-corrected chi connectivity index (χ2v) is 12.2. The van der Waals surface area contributed by atoms with E-state index in [0.717, 1.165) is 66.9 Å². The van der Waals surface area contributed by atoms with E-state index in [4.69, 9.17) is 14.4 Å². The summed E-state index contributed by atoms with van der Waals surface area (Å²) < 4.78 is 6.39. The first-order chi connectivity index (χ1) is 21.8. The molecule has 0 bridgehead atoms. The van der Waals surface area contributed by atoms with Crippen molar-refractivity contribution in [1.29, 1.82) is 0 Å². The van der Waals surface area contributed by atoms with Gasteiger partial charge in [-0.05, 0) is 29.1 Å². The highest BCUT2D eigenvalue weighted by molar-refractivity contribution is 8.00. The van der Waals surface area contributed by atoms with E-state index < -0.39 is 0 Å². The summed E-state index contributed by atoms with van der Waals surface area (Å²) in [7, 11) is 0. The molecule has 44 heavy (non-hydrogen) atoms. The van der Waals surface area contributed by atoms with Gasteiger partial charge in [-0.25, -0.2) is 9.98 Å². The highest BCUT2D eigenvalue weighted by atomic mass is 32.2. The Morgan fingerprint density at radius 1 is 0.636 bits per heavy atom. The molecule has 5 nitrogen and oxygen atoms in total. The molecule has 0 aliphatic carbocycles. The molecule has 0 saturated heterocycles. The van der Waals surface area contributed by atoms with E-state index in [0.29, 0.717) is 0 Å². The molecule has 0 spiro atoms. The average Bonchev–Trinajstić information content (AvgIpc) is 3.71. The molecule has 2 unspecified atom stereocenters. The molecule has 2 N–H and O–H groups in total. The van der Waals surface area contributed by atoms with Crippen LogP contribution in [0.5, 0.6) is 0 Å². The van der Waals surface area contributed by atoms with Gasteiger partial charge in [-0.2, -0.15) is 0 Å². The minimum atomic E-state index is -0.238. The van der Waals surface area contributed by atoms with Gasteiger partial charge < -0.3 is 15.1 Å². The monoisotopic (exact) mass is 586 g/mol. The molecule has 9 rings (SSSR count). The Balaban J connectivity index is 1.11. The summed E-state index contributed by atoms with van der Waals surface area (Å²) in [4.78, 5) is 11.3. The number of aliphatic imine (C=N–C) groups is 2. The van der Waals surface area contributed by atoms with Gasteiger partial charge in [-0.1, -0.05) is 127 Å². The number of fused-ring (bicyclic) bond motifs is 6. The molecule has 0 amide bonds. The third kappa shape index (κ3) is 4.18. The molecule has 0 fully saturated rings. The normalized spacial score (nSPS) is 17.6. The molecule has 2 aliphatic heterocycles. The summed E-state index contributed by atoms with van der Waals surface area (Å²) >= 11 is 1.83. The zero-order valence-corrected chi connectivity index (χ0v) is 24.4. The number of para-hydroxylation sites is 2. The van der Waals surface area contributed by atoms with Crippen LogP contribution in [0.25, 0.3) is 32.7 Å². The first-order valence-corrected chi connectivity index (χ1v) is 15.6. The zero-order chi connectivity index (χ0) is 29.0. The Morgan fingerprint density at radius 2 is 1.41 bits per heavy atom. The van der Waals surface area contributed by atoms with Crippen molar-refractivity contribution >= 4 is 61.8 Å². The number of nitrogens with zero attached hydrogens (tertiary/aromatic N) is 2. The van der Waals surface area contributed by atoms with Crippen LogP contribution in [-0.4, -0.2) is 11.7 Å². The predicted octanol–water partition coefficient (Wildman–Crippen LogP) is 9.45. The average molecular weight is 587 g/mol. The van der Waals surface area contributed by atoms with E-state index >= 15 is 0 Å². The number of nitrogens with one attached hydrogen (secondary N) is 2. The molecule has 210 valence electrons. The summed E-state index contributed by atoms with van der Waals surface area (Å²) in [6, 6.07) is 46.2. The van der Waals surface area contributed by atoms with Crippen molar-refractivity contribution in [1.82, 2.24) is 5.32 Å². The van der Waals surface area contributed by atoms with Crippen LogP contribution < -0.4 is 10.6 Å². The second kappa shape index (κ2) is 10.1. The quantitative estimate of drug-likeness (QED) is 0.216. The first-order valence-electron chi connectivity index (χ1n) is 14.7. The van der Waals surface area contributed by atoms with Crippen LogP contribution in [-0.2, 0) is 0 Å². The Morgan fingerprint density at radius 3 is 2.30 bits per heavy atom. The molecule has 0 radical (unpaired) electrons. The molecular weight excluding hydrogens is 561 g/mol. The second-order valence-electron chi connectivity index (χ2n) is 11.1. The van der Waals surface area contributed by atoms with Crippen LogP contribution >= 0.6 is 11.8 Å². The maximum absolute atomic E-state index is 6.39. The topological polar surface area (TPSA) is 61.9 Å². The van der Waals surface area contributed by atoms with Gasteiger partial charge in [0.05, 0.1) is 5.69 Å². The number of hydrogen-bond donors (Lipinski definition) is 2. The van der Waals surface area contributed by atoms with Crippen LogP contribution in [0, 0.1) is 0 Å². The summed E-state index contributed by atoms with van der Waals surface area (Å²) in [6.07, 6.45) is -0.238. The van der Waals surface area contributed by atoms with Crippen molar-refractivity contribution in [2.24, 2.45) is 9.98 Å². The Labute approximate surface area is 258 Å². The molecule has 6 heteroatoms. The van der Waals surface area contributed by atoms with E-state index in [-0.39, 0.29) is 11.5 Å². The van der Waals surface area contributed by atoms with Crippen molar-refractivity contribution in [3.63, 3.8) is 0 Å². The largest absolute Gasteiger partial charge is 0.456 e. The van der Waals surface area contributed by atoms with Crippen LogP contribution in [0.1, 0.15) is 33.8 Å². The van der Waals surface area contributed by atoms with Gasteiger partial charge in [-0.15, -0.1) is 0 Å². The minimum Gasteiger partial charge on any atom is -0.456 e. The molecule has 7 aromatic rings. The van der Waals surface area contributed by atoms with Crippen LogP contribution in [0.2, 0.25) is 0 Å². The Bertz CT molecular complexity index is 2270. The predicted molar refractivity (Wildman–Crippen MR) is 182 cm³/mol. The van der Waals surface area contributed by atoms with Crippen LogP contribution in [0.3, 0.4) is 0 Å². The summed E-state index contributed by atoms with van der Waals surface area (Å²) in [5, 5.41) is 12.1. The zero-order valence-electron chi connectivity index (χ0n) is 23.6. The fourth-order valence-electron chi connectivity index (χ4n) is 6.22. The number of anilines is 1. The molecular formula is C38H26N4OS. The summed E-state index contributed by atoms with van der Waals surface area (Å²) in [5.41, 5.74) is 7.25. The number of thioether (sulfide) groups is 1. The lowest BCUT2D eigenvalue weighted by Crippen LogP contribution is -2.33. The minimum absolute atomic E-state index is 0.0351. The Kier molecular flexibility index (Phi) is 5.81. The summed E-state index contributed by atoms with van der Waals surface area (Å²) in [5.74, 6) is 1.53. The highest BCUT2D eigenvalue weighted by Crippen LogP contribution is 2.51. The molecule has 1 aromatic heterocycles. The van der Waals surface area contributed by atoms with E-state index in [1.54, 1.807) is 0 Å². The van der Waals surface area contributed by atoms with Crippen LogP contribution in [0.15, 0.2) is 153 Å². The lowest BCUT2D eigenvalue weighted by Gasteiger charge is -2.24. The maximum atomic E-state index is 6.39. The Hall–Kier alpha value is -5.33. The number of amidine groups is 2. The third-order valence-electron chi connectivity index (χ3n) is 8.38. The van der Waals surface area contributed by atoms with Crippen molar-refractivity contribution in [3.05, 3.63) is 156 Å². The molecule has 0 saturated carbocycles.